The lowest BCUT2D eigenvalue weighted by atomic mass is 9.87. The van der Waals surface area contributed by atoms with E-state index in [1.807, 2.05) is 6.20 Å². The highest BCUT2D eigenvalue weighted by Crippen LogP contribution is 2.39. The second kappa shape index (κ2) is 15.5. The first-order valence-electron chi connectivity index (χ1n) is 20.3. The van der Waals surface area contributed by atoms with E-state index >= 15 is 0 Å². The van der Waals surface area contributed by atoms with Crippen molar-refractivity contribution in [1.82, 2.24) is 19.3 Å². The van der Waals surface area contributed by atoms with Gasteiger partial charge in [0.2, 0.25) is 0 Å². The number of pyridine rings is 1. The van der Waals surface area contributed by atoms with E-state index in [1.165, 1.54) is 44.3 Å². The largest absolute Gasteiger partial charge is 0.457 e. The molecule has 0 spiro atoms. The normalized spacial score (nSPS) is 12.2. The van der Waals surface area contributed by atoms with Gasteiger partial charge in [-0.05, 0) is 107 Å². The SMILES string of the molecule is CCCc1ccc(-c2c(C(C)C)nn(-c3cc(Oc4ccc5c6ccccc6n(-c6cc(C(C)C)ccn6)c5c4)cc(C(C)C)c3)c2CCC(C)(C)C)cc1. The third-order valence-electron chi connectivity index (χ3n) is 10.8. The third-order valence-corrected chi connectivity index (χ3v) is 10.8. The van der Waals surface area contributed by atoms with E-state index in [4.69, 9.17) is 14.8 Å². The molecule has 0 atom stereocenters. The van der Waals surface area contributed by atoms with E-state index in [-0.39, 0.29) is 11.3 Å². The van der Waals surface area contributed by atoms with Crippen LogP contribution in [0.2, 0.25) is 0 Å². The zero-order valence-corrected chi connectivity index (χ0v) is 34.6. The van der Waals surface area contributed by atoms with Gasteiger partial charge in [0.25, 0.3) is 0 Å². The molecule has 4 aromatic carbocycles. The van der Waals surface area contributed by atoms with Crippen molar-refractivity contribution < 1.29 is 4.74 Å². The van der Waals surface area contributed by atoms with Gasteiger partial charge in [-0.2, -0.15) is 5.10 Å². The molecule has 0 saturated carbocycles. The molecule has 0 aliphatic heterocycles. The summed E-state index contributed by atoms with van der Waals surface area (Å²) in [4.78, 5) is 4.86. The number of fused-ring (bicyclic) bond motifs is 3. The molecule has 0 bridgehead atoms. The topological polar surface area (TPSA) is 44.9 Å². The van der Waals surface area contributed by atoms with Crippen molar-refractivity contribution >= 4 is 21.8 Å². The van der Waals surface area contributed by atoms with Crippen LogP contribution >= 0.6 is 0 Å². The molecule has 0 aliphatic carbocycles. The summed E-state index contributed by atoms with van der Waals surface area (Å²) in [6.07, 6.45) is 6.13. The second-order valence-corrected chi connectivity index (χ2v) is 17.4. The van der Waals surface area contributed by atoms with Crippen LogP contribution in [0.1, 0.15) is 128 Å². The number of hydrogen-bond donors (Lipinski definition) is 0. The molecule has 5 nitrogen and oxygen atoms in total. The van der Waals surface area contributed by atoms with Crippen LogP contribution in [0, 0.1) is 5.41 Å². The first-order valence-corrected chi connectivity index (χ1v) is 20.3. The molecule has 55 heavy (non-hydrogen) atoms. The van der Waals surface area contributed by atoms with Crippen LogP contribution in [0.25, 0.3) is 44.4 Å². The summed E-state index contributed by atoms with van der Waals surface area (Å²) in [6.45, 7) is 22.7. The smallest absolute Gasteiger partial charge is 0.137 e. The number of ether oxygens (including phenoxy) is 1. The van der Waals surface area contributed by atoms with Gasteiger partial charge >= 0.3 is 0 Å². The minimum Gasteiger partial charge on any atom is -0.457 e. The van der Waals surface area contributed by atoms with Gasteiger partial charge in [0.15, 0.2) is 0 Å². The van der Waals surface area contributed by atoms with Crippen molar-refractivity contribution in [1.29, 1.82) is 0 Å². The quantitative estimate of drug-likeness (QED) is 0.126. The Balaban J connectivity index is 1.36. The molecule has 0 saturated heterocycles. The molecule has 0 N–H and O–H groups in total. The van der Waals surface area contributed by atoms with Crippen LogP contribution < -0.4 is 4.74 Å². The predicted octanol–water partition coefficient (Wildman–Crippen LogP) is 14.1. The van der Waals surface area contributed by atoms with E-state index in [2.05, 4.69) is 176 Å². The average molecular weight is 731 g/mol. The van der Waals surface area contributed by atoms with Crippen molar-refractivity contribution in [2.75, 3.05) is 0 Å². The maximum Gasteiger partial charge on any atom is 0.137 e. The minimum atomic E-state index is 0.177. The Morgan fingerprint density at radius 1 is 0.673 bits per heavy atom. The Labute approximate surface area is 328 Å². The summed E-state index contributed by atoms with van der Waals surface area (Å²) in [7, 11) is 0. The Morgan fingerprint density at radius 3 is 2.09 bits per heavy atom. The van der Waals surface area contributed by atoms with Crippen molar-refractivity contribution in [3.05, 3.63) is 131 Å². The molecule has 0 amide bonds. The predicted molar refractivity (Wildman–Crippen MR) is 232 cm³/mol. The standard InChI is InChI=1S/C50H58N4O/c1-11-14-35-17-19-36(20-18-35)48-45(23-25-50(8,9)10)54(52-49(48)34(6)7)39-27-38(33(4)5)28-41(30-39)55-40-21-22-43-42-15-12-13-16-44(42)53(46(43)31-40)47-29-37(32(2)3)24-26-51-47/h12-13,15-22,24,26-34H,11,14,23,25H2,1-10H3. The van der Waals surface area contributed by atoms with Gasteiger partial charge in [0.05, 0.1) is 28.1 Å². The fraction of sp³-hybridized carbons (Fsp3) is 0.360. The first-order chi connectivity index (χ1) is 26.3. The summed E-state index contributed by atoms with van der Waals surface area (Å²) in [5.41, 5.74) is 12.2. The lowest BCUT2D eigenvalue weighted by molar-refractivity contribution is 0.375. The van der Waals surface area contributed by atoms with Crippen molar-refractivity contribution in [2.24, 2.45) is 5.41 Å². The number of nitrogens with zero attached hydrogens (tertiary/aromatic N) is 4. The number of para-hydroxylation sites is 1. The van der Waals surface area contributed by atoms with Gasteiger partial charge in [0, 0.05) is 34.7 Å². The number of hydrogen-bond acceptors (Lipinski definition) is 3. The summed E-state index contributed by atoms with van der Waals surface area (Å²) < 4.78 is 11.4. The van der Waals surface area contributed by atoms with Gasteiger partial charge < -0.3 is 4.74 Å². The lowest BCUT2D eigenvalue weighted by Gasteiger charge is -2.20. The Hall–Kier alpha value is -5.16. The van der Waals surface area contributed by atoms with Gasteiger partial charge in [-0.15, -0.1) is 0 Å². The summed E-state index contributed by atoms with van der Waals surface area (Å²) in [5, 5.41) is 7.82. The maximum atomic E-state index is 6.87. The van der Waals surface area contributed by atoms with E-state index in [9.17, 15) is 0 Å². The molecule has 7 aromatic rings. The lowest BCUT2D eigenvalue weighted by Crippen LogP contribution is -2.10. The molecule has 0 radical (unpaired) electrons. The van der Waals surface area contributed by atoms with Gasteiger partial charge in [-0.3, -0.25) is 4.57 Å². The Morgan fingerprint density at radius 2 is 1.40 bits per heavy atom. The minimum absolute atomic E-state index is 0.177. The molecule has 284 valence electrons. The van der Waals surface area contributed by atoms with Crippen molar-refractivity contribution in [3.8, 4) is 34.1 Å². The number of aromatic nitrogens is 4. The second-order valence-electron chi connectivity index (χ2n) is 17.4. The molecule has 0 aliphatic rings. The van der Waals surface area contributed by atoms with E-state index in [0.717, 1.165) is 65.4 Å². The van der Waals surface area contributed by atoms with Crippen LogP contribution in [-0.2, 0) is 12.8 Å². The Kier molecular flexibility index (Phi) is 10.8. The molecule has 0 fully saturated rings. The fourth-order valence-electron chi connectivity index (χ4n) is 7.69. The highest BCUT2D eigenvalue weighted by atomic mass is 16.5. The summed E-state index contributed by atoms with van der Waals surface area (Å²) in [6, 6.07) is 35.2. The highest BCUT2D eigenvalue weighted by Gasteiger charge is 2.25. The molecule has 3 heterocycles. The van der Waals surface area contributed by atoms with Crippen molar-refractivity contribution in [3.63, 3.8) is 0 Å². The number of benzene rings is 4. The zero-order valence-electron chi connectivity index (χ0n) is 34.6. The molecule has 0 unspecified atom stereocenters. The van der Waals surface area contributed by atoms with Crippen LogP contribution in [0.4, 0.5) is 0 Å². The van der Waals surface area contributed by atoms with Gasteiger partial charge in [-0.1, -0.05) is 118 Å². The van der Waals surface area contributed by atoms with Crippen LogP contribution in [0.5, 0.6) is 11.5 Å². The van der Waals surface area contributed by atoms with Crippen LogP contribution in [0.15, 0.2) is 103 Å². The number of aryl methyl sites for hydroxylation is 1. The van der Waals surface area contributed by atoms with E-state index in [1.54, 1.807) is 0 Å². The molecular weight excluding hydrogens is 673 g/mol. The molecule has 3 aromatic heterocycles. The molecular formula is C50H58N4O. The van der Waals surface area contributed by atoms with E-state index < -0.39 is 0 Å². The molecule has 5 heteroatoms. The van der Waals surface area contributed by atoms with E-state index in [0.29, 0.717) is 11.8 Å². The third kappa shape index (κ3) is 7.99. The maximum absolute atomic E-state index is 6.87. The summed E-state index contributed by atoms with van der Waals surface area (Å²) in [5.74, 6) is 3.47. The first kappa shape index (κ1) is 38.1. The average Bonchev–Trinajstić information content (AvgIpc) is 3.70. The molecule has 7 rings (SSSR count). The van der Waals surface area contributed by atoms with Crippen LogP contribution in [-0.4, -0.2) is 19.3 Å². The van der Waals surface area contributed by atoms with Crippen molar-refractivity contribution in [2.45, 2.75) is 113 Å². The van der Waals surface area contributed by atoms with Gasteiger partial charge in [0.1, 0.15) is 17.3 Å². The van der Waals surface area contributed by atoms with Crippen LogP contribution in [0.3, 0.4) is 0 Å². The number of rotatable bonds is 12. The highest BCUT2D eigenvalue weighted by molar-refractivity contribution is 6.09. The zero-order chi connectivity index (χ0) is 39.0. The summed E-state index contributed by atoms with van der Waals surface area (Å²) >= 11 is 0. The Bertz CT molecular complexity index is 2440. The van der Waals surface area contributed by atoms with Gasteiger partial charge in [-0.25, -0.2) is 9.67 Å². The monoisotopic (exact) mass is 730 g/mol. The fourth-order valence-corrected chi connectivity index (χ4v) is 7.69.